The van der Waals surface area contributed by atoms with Crippen LogP contribution in [0.25, 0.3) is 32.7 Å². The summed E-state index contributed by atoms with van der Waals surface area (Å²) in [6.07, 6.45) is 3.48. The molecule has 0 spiro atoms. The average Bonchev–Trinajstić information content (AvgIpc) is 2.95. The van der Waals surface area contributed by atoms with E-state index in [1.165, 1.54) is 0 Å². The number of aromatic nitrogens is 1. The van der Waals surface area contributed by atoms with Crippen molar-refractivity contribution in [2.45, 2.75) is 38.9 Å². The maximum absolute atomic E-state index is 10.3. The summed E-state index contributed by atoms with van der Waals surface area (Å²) in [5.74, 6) is 0. The van der Waals surface area contributed by atoms with Crippen LogP contribution in [0.3, 0.4) is 0 Å². The molecule has 131 valence electrons. The molecular weight excluding hydrogens is 325 g/mol. The highest BCUT2D eigenvalue weighted by Crippen LogP contribution is 2.31. The molecule has 0 fully saturated rings. The van der Waals surface area contributed by atoms with Gasteiger partial charge in [-0.2, -0.15) is 0 Å². The van der Waals surface area contributed by atoms with Crippen molar-refractivity contribution in [2.75, 3.05) is 0 Å². The first-order chi connectivity index (χ1) is 12.3. The highest BCUT2D eigenvalue weighted by atomic mass is 16.5. The summed E-state index contributed by atoms with van der Waals surface area (Å²) in [5, 5.41) is 14.6. The van der Waals surface area contributed by atoms with Gasteiger partial charge in [0, 0.05) is 17.0 Å². The van der Waals surface area contributed by atoms with Gasteiger partial charge in [0.25, 0.3) is 0 Å². The minimum absolute atomic E-state index is 0.716. The van der Waals surface area contributed by atoms with Gasteiger partial charge >= 0.3 is 7.48 Å². The van der Waals surface area contributed by atoms with Crippen molar-refractivity contribution in [3.63, 3.8) is 0 Å². The molecule has 2 heterocycles. The predicted octanol–water partition coefficient (Wildman–Crippen LogP) is 3.94. The van der Waals surface area contributed by atoms with Gasteiger partial charge in [-0.25, -0.2) is 0 Å². The van der Waals surface area contributed by atoms with Crippen molar-refractivity contribution in [3.05, 3.63) is 48.8 Å². The number of hydrogen-bond donors (Lipinski definition) is 1. The Morgan fingerprint density at radius 3 is 2.38 bits per heavy atom. The van der Waals surface area contributed by atoms with E-state index in [1.807, 2.05) is 26.0 Å². The van der Waals surface area contributed by atoms with E-state index in [0.717, 1.165) is 32.6 Å². The summed E-state index contributed by atoms with van der Waals surface area (Å²) >= 11 is 0. The second-order valence-corrected chi connectivity index (χ2v) is 7.70. The molecule has 0 bridgehead atoms. The Bertz CT molecular complexity index is 1110. The Morgan fingerprint density at radius 1 is 1.00 bits per heavy atom. The molecule has 0 saturated carbocycles. The molecule has 2 aromatic carbocycles. The Morgan fingerprint density at radius 2 is 1.69 bits per heavy atom. The smallest absolute Gasteiger partial charge is 0.333 e. The zero-order valence-electron chi connectivity index (χ0n) is 15.4. The minimum Gasteiger partial charge on any atom is -0.454 e. The fourth-order valence-electron chi connectivity index (χ4n) is 2.88. The van der Waals surface area contributed by atoms with Crippen LogP contribution in [0.2, 0.25) is 0 Å². The summed E-state index contributed by atoms with van der Waals surface area (Å²) in [6.45, 7) is 7.19. The number of furan rings is 1. The number of benzene rings is 2. The van der Waals surface area contributed by atoms with Gasteiger partial charge < -0.3 is 14.2 Å². The number of fused-ring (bicyclic) bond motifs is 4. The predicted molar refractivity (Wildman–Crippen MR) is 106 cm³/mol. The molecule has 4 aromatic rings. The van der Waals surface area contributed by atoms with Crippen LogP contribution < -0.4 is 5.46 Å². The summed E-state index contributed by atoms with van der Waals surface area (Å²) in [4.78, 5) is 4.27. The largest absolute Gasteiger partial charge is 0.454 e. The lowest BCUT2D eigenvalue weighted by atomic mass is 9.81. The average molecular weight is 346 g/mol. The zero-order chi connectivity index (χ0) is 18.5. The van der Waals surface area contributed by atoms with Gasteiger partial charge in [-0.3, -0.25) is 4.98 Å². The van der Waals surface area contributed by atoms with Crippen LogP contribution in [0.15, 0.2) is 53.2 Å². The molecule has 26 heavy (non-hydrogen) atoms. The molecule has 0 saturated heterocycles. The normalized spacial score (nSPS) is 13.0. The quantitative estimate of drug-likeness (QED) is 0.569. The first kappa shape index (κ1) is 17.1. The van der Waals surface area contributed by atoms with Crippen LogP contribution in [0.1, 0.15) is 27.7 Å². The van der Waals surface area contributed by atoms with Crippen molar-refractivity contribution in [1.82, 2.24) is 4.98 Å². The monoisotopic (exact) mass is 346 g/mol. The molecule has 0 aliphatic rings. The lowest BCUT2D eigenvalue weighted by Gasteiger charge is -2.37. The standard InChI is InChI=1S/C21H21BNO3/c1-20(2,24)21(3,4)26-22-16-11-23-12-18-19(16)15-9-13-7-5-6-8-14(13)10-17(15)25-18/h5-12,24H,1-4H3. The van der Waals surface area contributed by atoms with E-state index in [0.29, 0.717) is 5.58 Å². The molecular formula is C21H21BNO3. The van der Waals surface area contributed by atoms with E-state index >= 15 is 0 Å². The fourth-order valence-corrected chi connectivity index (χ4v) is 2.88. The van der Waals surface area contributed by atoms with E-state index in [-0.39, 0.29) is 0 Å². The third kappa shape index (κ3) is 2.77. The van der Waals surface area contributed by atoms with Crippen molar-refractivity contribution in [1.29, 1.82) is 0 Å². The lowest BCUT2D eigenvalue weighted by Crippen LogP contribution is -2.49. The van der Waals surface area contributed by atoms with Crippen molar-refractivity contribution in [2.24, 2.45) is 0 Å². The summed E-state index contributed by atoms with van der Waals surface area (Å²) in [6, 6.07) is 12.4. The zero-order valence-corrected chi connectivity index (χ0v) is 15.4. The topological polar surface area (TPSA) is 55.5 Å². The molecule has 1 radical (unpaired) electrons. The molecule has 0 amide bonds. The number of hydrogen-bond acceptors (Lipinski definition) is 4. The maximum Gasteiger partial charge on any atom is 0.333 e. The van der Waals surface area contributed by atoms with Crippen molar-refractivity contribution >= 4 is 45.7 Å². The van der Waals surface area contributed by atoms with Crippen LogP contribution in [0, 0.1) is 0 Å². The molecule has 0 aliphatic heterocycles. The summed E-state index contributed by atoms with van der Waals surface area (Å²) in [5.41, 5.74) is 0.631. The minimum atomic E-state index is -0.987. The Hall–Kier alpha value is -2.37. The second-order valence-electron chi connectivity index (χ2n) is 7.70. The van der Waals surface area contributed by atoms with Crippen LogP contribution in [0.5, 0.6) is 0 Å². The van der Waals surface area contributed by atoms with Crippen LogP contribution in [-0.4, -0.2) is 28.8 Å². The van der Waals surface area contributed by atoms with Gasteiger partial charge in [0.15, 0.2) is 5.58 Å². The van der Waals surface area contributed by atoms with E-state index in [4.69, 9.17) is 9.07 Å². The Balaban J connectivity index is 1.84. The van der Waals surface area contributed by atoms with E-state index < -0.39 is 11.2 Å². The number of aliphatic hydroxyl groups is 1. The van der Waals surface area contributed by atoms with Gasteiger partial charge in [0.05, 0.1) is 17.4 Å². The number of rotatable bonds is 4. The number of pyridine rings is 1. The molecule has 0 aliphatic carbocycles. The van der Waals surface area contributed by atoms with Crippen LogP contribution >= 0.6 is 0 Å². The van der Waals surface area contributed by atoms with Gasteiger partial charge in [-0.1, -0.05) is 24.3 Å². The molecule has 4 rings (SSSR count). The molecule has 0 atom stereocenters. The van der Waals surface area contributed by atoms with Gasteiger partial charge in [0.1, 0.15) is 5.58 Å². The Kier molecular flexibility index (Phi) is 3.83. The van der Waals surface area contributed by atoms with Crippen LogP contribution in [0.4, 0.5) is 0 Å². The molecule has 2 aromatic heterocycles. The van der Waals surface area contributed by atoms with Crippen molar-refractivity contribution < 1.29 is 14.2 Å². The van der Waals surface area contributed by atoms with E-state index in [2.05, 4.69) is 29.2 Å². The van der Waals surface area contributed by atoms with Gasteiger partial charge in [-0.05, 0) is 56.1 Å². The summed E-state index contributed by atoms with van der Waals surface area (Å²) < 4.78 is 12.0. The molecule has 0 unspecified atom stereocenters. The summed E-state index contributed by atoms with van der Waals surface area (Å²) in [7, 11) is 1.66. The first-order valence-electron chi connectivity index (χ1n) is 8.69. The van der Waals surface area contributed by atoms with Crippen molar-refractivity contribution in [3.8, 4) is 0 Å². The lowest BCUT2D eigenvalue weighted by molar-refractivity contribution is -0.0893. The molecule has 1 N–H and O–H groups in total. The van der Waals surface area contributed by atoms with E-state index in [1.54, 1.807) is 33.7 Å². The molecule has 4 nitrogen and oxygen atoms in total. The maximum atomic E-state index is 10.3. The van der Waals surface area contributed by atoms with Gasteiger partial charge in [0.2, 0.25) is 0 Å². The Labute approximate surface area is 153 Å². The molecule has 5 heteroatoms. The second kappa shape index (κ2) is 5.83. The van der Waals surface area contributed by atoms with Crippen LogP contribution in [-0.2, 0) is 4.65 Å². The number of nitrogens with zero attached hydrogens (tertiary/aromatic N) is 1. The highest BCUT2D eigenvalue weighted by Gasteiger charge is 2.36. The highest BCUT2D eigenvalue weighted by molar-refractivity contribution is 6.52. The third-order valence-corrected chi connectivity index (χ3v) is 5.23. The third-order valence-electron chi connectivity index (χ3n) is 5.23. The van der Waals surface area contributed by atoms with E-state index in [9.17, 15) is 5.11 Å². The fraction of sp³-hybridized carbons (Fsp3) is 0.286. The SMILES string of the molecule is CC(C)(O)C(C)(C)O[B]c1cncc2oc3cc4ccccc4cc3c12. The van der Waals surface area contributed by atoms with Gasteiger partial charge in [-0.15, -0.1) is 0 Å². The first-order valence-corrected chi connectivity index (χ1v) is 8.69.